The van der Waals surface area contributed by atoms with Gasteiger partial charge in [-0.25, -0.2) is 15.0 Å². The fourth-order valence-corrected chi connectivity index (χ4v) is 2.08. The average Bonchev–Trinajstić information content (AvgIpc) is 2.38. The first-order valence-corrected chi connectivity index (χ1v) is 5.90. The van der Waals surface area contributed by atoms with E-state index in [1.807, 2.05) is 38.2 Å². The van der Waals surface area contributed by atoms with Gasteiger partial charge in [0.05, 0.1) is 0 Å². The van der Waals surface area contributed by atoms with Gasteiger partial charge in [-0.3, -0.25) is 0 Å². The lowest BCUT2D eigenvalue weighted by atomic mass is 10.0. The van der Waals surface area contributed by atoms with Crippen LogP contribution in [-0.4, -0.2) is 15.0 Å². The number of nitrogens with zero attached hydrogens (tertiary/aromatic N) is 3. The molecule has 3 aromatic rings. The Kier molecular flexibility index (Phi) is 2.52. The minimum absolute atomic E-state index is 0.750. The second-order valence-electron chi connectivity index (χ2n) is 4.33. The highest BCUT2D eigenvalue weighted by Gasteiger charge is 2.07. The van der Waals surface area contributed by atoms with Crippen molar-refractivity contribution < 1.29 is 0 Å². The number of benzene rings is 1. The van der Waals surface area contributed by atoms with Gasteiger partial charge in [0, 0.05) is 17.3 Å². The highest BCUT2D eigenvalue weighted by atomic mass is 14.9. The van der Waals surface area contributed by atoms with E-state index in [1.165, 1.54) is 5.56 Å². The van der Waals surface area contributed by atoms with Gasteiger partial charge in [0.1, 0.15) is 5.82 Å². The van der Waals surface area contributed by atoms with Crippen LogP contribution >= 0.6 is 0 Å². The summed E-state index contributed by atoms with van der Waals surface area (Å²) in [6, 6.07) is 12.3. The van der Waals surface area contributed by atoms with Crippen molar-refractivity contribution in [2.75, 3.05) is 0 Å². The van der Waals surface area contributed by atoms with E-state index in [2.05, 4.69) is 33.2 Å². The molecule has 0 N–H and O–H groups in total. The Bertz CT molecular complexity index is 700. The summed E-state index contributed by atoms with van der Waals surface area (Å²) in [4.78, 5) is 13.1. The molecule has 0 saturated heterocycles. The Morgan fingerprint density at radius 3 is 2.50 bits per heavy atom. The van der Waals surface area contributed by atoms with E-state index >= 15 is 0 Å². The maximum absolute atomic E-state index is 4.47. The summed E-state index contributed by atoms with van der Waals surface area (Å²) in [6.07, 6.45) is 1.85. The summed E-state index contributed by atoms with van der Waals surface area (Å²) >= 11 is 0. The number of hydrogen-bond donors (Lipinski definition) is 0. The molecule has 3 rings (SSSR count). The Hall–Kier alpha value is -2.29. The van der Waals surface area contributed by atoms with Crippen molar-refractivity contribution in [3.63, 3.8) is 0 Å². The van der Waals surface area contributed by atoms with E-state index in [-0.39, 0.29) is 0 Å². The molecule has 0 bridgehead atoms. The largest absolute Gasteiger partial charge is 0.241 e. The lowest BCUT2D eigenvalue weighted by molar-refractivity contribution is 1.06. The number of pyridine rings is 1. The zero-order chi connectivity index (χ0) is 12.5. The van der Waals surface area contributed by atoms with Crippen molar-refractivity contribution in [1.29, 1.82) is 0 Å². The Morgan fingerprint density at radius 2 is 1.72 bits per heavy atom. The summed E-state index contributed by atoms with van der Waals surface area (Å²) in [6.45, 7) is 3.87. The highest BCUT2D eigenvalue weighted by Crippen LogP contribution is 2.27. The molecule has 88 valence electrons. The quantitative estimate of drug-likeness (QED) is 0.649. The van der Waals surface area contributed by atoms with Gasteiger partial charge in [0.2, 0.25) is 0 Å². The third-order valence-electron chi connectivity index (χ3n) is 2.90. The normalized spacial score (nSPS) is 10.8. The summed E-state index contributed by atoms with van der Waals surface area (Å²) in [5.74, 6) is 0.750. The van der Waals surface area contributed by atoms with Crippen LogP contribution in [-0.2, 0) is 0 Å². The van der Waals surface area contributed by atoms with Gasteiger partial charge >= 0.3 is 0 Å². The van der Waals surface area contributed by atoms with Crippen LogP contribution < -0.4 is 0 Å². The summed E-state index contributed by atoms with van der Waals surface area (Å²) in [5.41, 5.74) is 4.04. The first-order valence-electron chi connectivity index (χ1n) is 5.90. The van der Waals surface area contributed by atoms with Gasteiger partial charge in [0.25, 0.3) is 0 Å². The molecule has 18 heavy (non-hydrogen) atoms. The van der Waals surface area contributed by atoms with Crippen LogP contribution in [0.25, 0.3) is 22.2 Å². The van der Waals surface area contributed by atoms with Crippen LogP contribution in [0.1, 0.15) is 11.5 Å². The number of aromatic nitrogens is 3. The van der Waals surface area contributed by atoms with Gasteiger partial charge in [-0.1, -0.05) is 30.3 Å². The van der Waals surface area contributed by atoms with Crippen LogP contribution in [0.3, 0.4) is 0 Å². The zero-order valence-corrected chi connectivity index (χ0v) is 10.4. The molecule has 0 fully saturated rings. The molecule has 2 aromatic heterocycles. The first kappa shape index (κ1) is 10.8. The third kappa shape index (κ3) is 1.84. The molecule has 0 radical (unpaired) electrons. The third-order valence-corrected chi connectivity index (χ3v) is 2.90. The summed E-state index contributed by atoms with van der Waals surface area (Å²) in [5, 5.41) is 0.998. The molecule has 0 spiro atoms. The Balaban J connectivity index is 2.35. The van der Waals surface area contributed by atoms with Gasteiger partial charge in [0.15, 0.2) is 5.65 Å². The monoisotopic (exact) mass is 235 g/mol. The highest BCUT2D eigenvalue weighted by molar-refractivity contribution is 5.92. The minimum atomic E-state index is 0.750. The van der Waals surface area contributed by atoms with E-state index in [0.29, 0.717) is 0 Å². The molecule has 3 heteroatoms. The lowest BCUT2D eigenvalue weighted by Gasteiger charge is -2.07. The topological polar surface area (TPSA) is 38.7 Å². The molecular weight excluding hydrogens is 222 g/mol. The molecule has 0 amide bonds. The molecule has 0 atom stereocenters. The second-order valence-corrected chi connectivity index (χ2v) is 4.33. The Labute approximate surface area is 106 Å². The minimum Gasteiger partial charge on any atom is -0.241 e. The molecule has 0 unspecified atom stereocenters. The zero-order valence-electron chi connectivity index (χ0n) is 10.4. The number of fused-ring (bicyclic) bond motifs is 1. The smallest absolute Gasteiger partial charge is 0.163 e. The second kappa shape index (κ2) is 4.18. The molecule has 2 heterocycles. The van der Waals surface area contributed by atoms with Crippen molar-refractivity contribution in [2.45, 2.75) is 13.8 Å². The predicted molar refractivity (Wildman–Crippen MR) is 72.2 cm³/mol. The maximum atomic E-state index is 4.47. The maximum Gasteiger partial charge on any atom is 0.163 e. The number of aryl methyl sites for hydroxylation is 2. The average molecular weight is 235 g/mol. The SMILES string of the molecule is Cc1cc(-c2ccccc2)c2cnc(C)nc2n1. The van der Waals surface area contributed by atoms with Gasteiger partial charge < -0.3 is 0 Å². The fourth-order valence-electron chi connectivity index (χ4n) is 2.08. The van der Waals surface area contributed by atoms with Gasteiger partial charge in [-0.15, -0.1) is 0 Å². The summed E-state index contributed by atoms with van der Waals surface area (Å²) < 4.78 is 0. The Morgan fingerprint density at radius 1 is 0.944 bits per heavy atom. The van der Waals surface area contributed by atoms with E-state index < -0.39 is 0 Å². The van der Waals surface area contributed by atoms with Crippen molar-refractivity contribution in [3.8, 4) is 11.1 Å². The first-order chi connectivity index (χ1) is 8.74. The number of hydrogen-bond acceptors (Lipinski definition) is 3. The van der Waals surface area contributed by atoms with Crippen molar-refractivity contribution >= 4 is 11.0 Å². The van der Waals surface area contributed by atoms with Gasteiger partial charge in [-0.2, -0.15) is 0 Å². The van der Waals surface area contributed by atoms with Crippen LogP contribution in [0, 0.1) is 13.8 Å². The van der Waals surface area contributed by atoms with Crippen LogP contribution in [0.4, 0.5) is 0 Å². The number of rotatable bonds is 1. The molecule has 1 aromatic carbocycles. The van der Waals surface area contributed by atoms with Crippen molar-refractivity contribution in [2.24, 2.45) is 0 Å². The molecule has 3 nitrogen and oxygen atoms in total. The van der Waals surface area contributed by atoms with Crippen LogP contribution in [0.2, 0.25) is 0 Å². The van der Waals surface area contributed by atoms with E-state index in [1.54, 1.807) is 0 Å². The molecule has 0 aliphatic rings. The van der Waals surface area contributed by atoms with E-state index in [9.17, 15) is 0 Å². The van der Waals surface area contributed by atoms with E-state index in [0.717, 1.165) is 28.1 Å². The molecule has 0 aliphatic carbocycles. The standard InChI is InChI=1S/C15H13N3/c1-10-8-13(12-6-4-3-5-7-12)14-9-16-11(2)18-15(14)17-10/h3-9H,1-2H3. The van der Waals surface area contributed by atoms with Crippen molar-refractivity contribution in [1.82, 2.24) is 15.0 Å². The molecule has 0 aliphatic heterocycles. The summed E-state index contributed by atoms with van der Waals surface area (Å²) in [7, 11) is 0. The fraction of sp³-hybridized carbons (Fsp3) is 0.133. The molecule has 0 saturated carbocycles. The van der Waals surface area contributed by atoms with Crippen LogP contribution in [0.5, 0.6) is 0 Å². The lowest BCUT2D eigenvalue weighted by Crippen LogP contribution is -1.94. The van der Waals surface area contributed by atoms with Crippen LogP contribution in [0.15, 0.2) is 42.6 Å². The molecular formula is C15H13N3. The van der Waals surface area contributed by atoms with Crippen molar-refractivity contribution in [3.05, 3.63) is 54.1 Å². The van der Waals surface area contributed by atoms with Gasteiger partial charge in [-0.05, 0) is 31.0 Å². The predicted octanol–water partition coefficient (Wildman–Crippen LogP) is 3.31. The van der Waals surface area contributed by atoms with E-state index in [4.69, 9.17) is 0 Å².